The lowest BCUT2D eigenvalue weighted by Gasteiger charge is -2.10. The van der Waals surface area contributed by atoms with Crippen LogP contribution >= 0.6 is 0 Å². The standard InChI is InChI=1S/C12H14N4O/c1-9(8-17)14-12-5-4-11(15-16-12)10-3-2-6-13-7-10/h2-7,9,17H,8H2,1H3,(H,14,16). The summed E-state index contributed by atoms with van der Waals surface area (Å²) in [6.07, 6.45) is 3.46. The molecule has 88 valence electrons. The molecule has 0 aliphatic carbocycles. The second kappa shape index (κ2) is 5.36. The van der Waals surface area contributed by atoms with E-state index in [9.17, 15) is 0 Å². The molecule has 0 bridgehead atoms. The van der Waals surface area contributed by atoms with E-state index >= 15 is 0 Å². The third-order valence-corrected chi connectivity index (χ3v) is 2.29. The second-order valence-corrected chi connectivity index (χ2v) is 3.77. The van der Waals surface area contributed by atoms with Crippen LogP contribution in [0, 0.1) is 0 Å². The molecule has 0 spiro atoms. The van der Waals surface area contributed by atoms with Crippen LogP contribution in [0.4, 0.5) is 5.82 Å². The van der Waals surface area contributed by atoms with Crippen LogP contribution < -0.4 is 5.32 Å². The largest absolute Gasteiger partial charge is 0.394 e. The van der Waals surface area contributed by atoms with Crippen LogP contribution in [0.25, 0.3) is 11.3 Å². The van der Waals surface area contributed by atoms with E-state index in [1.54, 1.807) is 12.4 Å². The van der Waals surface area contributed by atoms with E-state index < -0.39 is 0 Å². The molecule has 2 N–H and O–H groups in total. The number of rotatable bonds is 4. The Morgan fingerprint density at radius 2 is 2.18 bits per heavy atom. The number of nitrogens with zero attached hydrogens (tertiary/aromatic N) is 3. The first-order valence-electron chi connectivity index (χ1n) is 5.41. The highest BCUT2D eigenvalue weighted by Crippen LogP contribution is 2.15. The molecule has 1 unspecified atom stereocenters. The summed E-state index contributed by atoms with van der Waals surface area (Å²) in [5, 5.41) is 20.1. The van der Waals surface area contributed by atoms with E-state index in [1.807, 2.05) is 31.2 Å². The fourth-order valence-electron chi connectivity index (χ4n) is 1.38. The number of aliphatic hydroxyl groups excluding tert-OH is 1. The van der Waals surface area contributed by atoms with Gasteiger partial charge in [0.25, 0.3) is 0 Å². The van der Waals surface area contributed by atoms with Gasteiger partial charge in [-0.05, 0) is 31.2 Å². The molecule has 2 heterocycles. The Hall–Kier alpha value is -2.01. The predicted molar refractivity (Wildman–Crippen MR) is 65.4 cm³/mol. The van der Waals surface area contributed by atoms with Crippen LogP contribution in [0.5, 0.6) is 0 Å². The van der Waals surface area contributed by atoms with E-state index in [4.69, 9.17) is 5.11 Å². The molecular weight excluding hydrogens is 216 g/mol. The molecule has 2 aromatic rings. The van der Waals surface area contributed by atoms with Gasteiger partial charge in [-0.3, -0.25) is 4.98 Å². The van der Waals surface area contributed by atoms with E-state index in [1.165, 1.54) is 0 Å². The van der Waals surface area contributed by atoms with Gasteiger partial charge in [0, 0.05) is 24.0 Å². The quantitative estimate of drug-likeness (QED) is 0.829. The second-order valence-electron chi connectivity index (χ2n) is 3.77. The van der Waals surface area contributed by atoms with Gasteiger partial charge in [0.15, 0.2) is 0 Å². The summed E-state index contributed by atoms with van der Waals surface area (Å²) in [6, 6.07) is 7.46. The zero-order valence-corrected chi connectivity index (χ0v) is 9.54. The lowest BCUT2D eigenvalue weighted by atomic mass is 10.2. The van der Waals surface area contributed by atoms with Crippen molar-refractivity contribution in [3.8, 4) is 11.3 Å². The summed E-state index contributed by atoms with van der Waals surface area (Å²) in [5.41, 5.74) is 1.71. The average molecular weight is 230 g/mol. The Kier molecular flexibility index (Phi) is 3.62. The third-order valence-electron chi connectivity index (χ3n) is 2.29. The number of nitrogens with one attached hydrogen (secondary N) is 1. The Morgan fingerprint density at radius 1 is 1.29 bits per heavy atom. The average Bonchev–Trinajstić information content (AvgIpc) is 2.40. The van der Waals surface area contributed by atoms with Crippen LogP contribution in [0.2, 0.25) is 0 Å². The lowest BCUT2D eigenvalue weighted by Crippen LogP contribution is -2.20. The first-order chi connectivity index (χ1) is 8.29. The maximum absolute atomic E-state index is 8.91. The molecule has 0 radical (unpaired) electrons. The van der Waals surface area contributed by atoms with Crippen molar-refractivity contribution in [3.63, 3.8) is 0 Å². The molecular formula is C12H14N4O. The smallest absolute Gasteiger partial charge is 0.148 e. The first-order valence-corrected chi connectivity index (χ1v) is 5.41. The van der Waals surface area contributed by atoms with Crippen molar-refractivity contribution >= 4 is 5.82 Å². The van der Waals surface area contributed by atoms with Crippen molar-refractivity contribution < 1.29 is 5.11 Å². The van der Waals surface area contributed by atoms with Gasteiger partial charge in [-0.25, -0.2) is 0 Å². The van der Waals surface area contributed by atoms with Gasteiger partial charge in [0.2, 0.25) is 0 Å². The van der Waals surface area contributed by atoms with Crippen molar-refractivity contribution in [3.05, 3.63) is 36.7 Å². The zero-order valence-electron chi connectivity index (χ0n) is 9.54. The number of aliphatic hydroxyl groups is 1. The highest BCUT2D eigenvalue weighted by Gasteiger charge is 2.03. The highest BCUT2D eigenvalue weighted by molar-refractivity contribution is 5.58. The number of aromatic nitrogens is 3. The topological polar surface area (TPSA) is 70.9 Å². The van der Waals surface area contributed by atoms with Crippen LogP contribution in [0.3, 0.4) is 0 Å². The monoisotopic (exact) mass is 230 g/mol. The third kappa shape index (κ3) is 2.98. The summed E-state index contributed by atoms with van der Waals surface area (Å²) in [7, 11) is 0. The SMILES string of the molecule is CC(CO)Nc1ccc(-c2cccnc2)nn1. The highest BCUT2D eigenvalue weighted by atomic mass is 16.3. The lowest BCUT2D eigenvalue weighted by molar-refractivity contribution is 0.281. The first kappa shape index (κ1) is 11.5. The van der Waals surface area contributed by atoms with Gasteiger partial charge in [-0.15, -0.1) is 10.2 Å². The molecule has 0 saturated heterocycles. The van der Waals surface area contributed by atoms with Crippen molar-refractivity contribution in [2.24, 2.45) is 0 Å². The van der Waals surface area contributed by atoms with E-state index in [2.05, 4.69) is 20.5 Å². The van der Waals surface area contributed by atoms with Gasteiger partial charge >= 0.3 is 0 Å². The molecule has 5 heteroatoms. The maximum atomic E-state index is 8.91. The Bertz CT molecular complexity index is 458. The van der Waals surface area contributed by atoms with Crippen LogP contribution in [-0.4, -0.2) is 32.9 Å². The molecule has 0 aromatic carbocycles. The van der Waals surface area contributed by atoms with Gasteiger partial charge < -0.3 is 10.4 Å². The van der Waals surface area contributed by atoms with Crippen molar-refractivity contribution in [2.45, 2.75) is 13.0 Å². The minimum absolute atomic E-state index is 0.0338. The molecule has 0 aliphatic heterocycles. The molecule has 0 saturated carbocycles. The minimum Gasteiger partial charge on any atom is -0.394 e. The van der Waals surface area contributed by atoms with Gasteiger partial charge in [-0.2, -0.15) is 0 Å². The molecule has 2 aromatic heterocycles. The van der Waals surface area contributed by atoms with Crippen LogP contribution in [0.15, 0.2) is 36.7 Å². The van der Waals surface area contributed by atoms with Gasteiger partial charge in [0.1, 0.15) is 5.82 Å². The van der Waals surface area contributed by atoms with Gasteiger partial charge in [-0.1, -0.05) is 0 Å². The molecule has 2 rings (SSSR count). The fourth-order valence-corrected chi connectivity index (χ4v) is 1.38. The normalized spacial score (nSPS) is 12.1. The number of hydrogen-bond acceptors (Lipinski definition) is 5. The predicted octanol–water partition coefficient (Wildman–Crippen LogP) is 1.33. The van der Waals surface area contributed by atoms with E-state index in [0.717, 1.165) is 11.3 Å². The van der Waals surface area contributed by atoms with Crippen molar-refractivity contribution in [2.75, 3.05) is 11.9 Å². The van der Waals surface area contributed by atoms with Crippen molar-refractivity contribution in [1.29, 1.82) is 0 Å². The minimum atomic E-state index is -0.0338. The van der Waals surface area contributed by atoms with E-state index in [-0.39, 0.29) is 12.6 Å². The summed E-state index contributed by atoms with van der Waals surface area (Å²) in [4.78, 5) is 4.03. The number of pyridine rings is 1. The van der Waals surface area contributed by atoms with Gasteiger partial charge in [0.05, 0.1) is 12.3 Å². The number of hydrogen-bond donors (Lipinski definition) is 2. The summed E-state index contributed by atoms with van der Waals surface area (Å²) in [6.45, 7) is 1.93. The summed E-state index contributed by atoms with van der Waals surface area (Å²) >= 11 is 0. The summed E-state index contributed by atoms with van der Waals surface area (Å²) in [5.74, 6) is 0.652. The Balaban J connectivity index is 2.13. The molecule has 0 amide bonds. The molecule has 17 heavy (non-hydrogen) atoms. The number of anilines is 1. The maximum Gasteiger partial charge on any atom is 0.148 e. The van der Waals surface area contributed by atoms with E-state index in [0.29, 0.717) is 5.82 Å². The van der Waals surface area contributed by atoms with Crippen LogP contribution in [0.1, 0.15) is 6.92 Å². The van der Waals surface area contributed by atoms with Crippen LogP contribution in [-0.2, 0) is 0 Å². The molecule has 0 fully saturated rings. The molecule has 0 aliphatic rings. The summed E-state index contributed by atoms with van der Waals surface area (Å²) < 4.78 is 0. The fraction of sp³-hybridized carbons (Fsp3) is 0.250. The zero-order chi connectivity index (χ0) is 12.1. The molecule has 1 atom stereocenters. The molecule has 5 nitrogen and oxygen atoms in total. The Labute approximate surface area is 99.6 Å². The Morgan fingerprint density at radius 3 is 2.76 bits per heavy atom. The van der Waals surface area contributed by atoms with Crippen molar-refractivity contribution in [1.82, 2.24) is 15.2 Å².